The van der Waals surface area contributed by atoms with E-state index < -0.39 is 0 Å². The molecule has 1 aromatic carbocycles. The molecule has 2 N–H and O–H groups in total. The average Bonchev–Trinajstić information content (AvgIpc) is 2.09. The molecule has 0 bridgehead atoms. The number of nitrogens with two attached hydrogens (primary N) is 1. The van der Waals surface area contributed by atoms with Crippen molar-refractivity contribution in [2.75, 3.05) is 13.2 Å². The Balaban J connectivity index is 2.37. The SMILES string of the molecule is NCCCOc1ccc(Br)cc1. The normalized spacial score (nSPS) is 9.83. The third-order valence-electron chi connectivity index (χ3n) is 1.43. The Kier molecular flexibility index (Phi) is 4.11. The van der Waals surface area contributed by atoms with E-state index in [2.05, 4.69) is 15.9 Å². The number of benzene rings is 1. The maximum absolute atomic E-state index is 5.40. The summed E-state index contributed by atoms with van der Waals surface area (Å²) in [6, 6.07) is 7.77. The fraction of sp³-hybridized carbons (Fsp3) is 0.333. The Morgan fingerprint density at radius 3 is 2.50 bits per heavy atom. The minimum Gasteiger partial charge on any atom is -0.494 e. The number of rotatable bonds is 4. The smallest absolute Gasteiger partial charge is 0.119 e. The summed E-state index contributed by atoms with van der Waals surface area (Å²) in [7, 11) is 0. The van der Waals surface area contributed by atoms with Gasteiger partial charge in [0.25, 0.3) is 0 Å². The average molecular weight is 230 g/mol. The highest BCUT2D eigenvalue weighted by Crippen LogP contribution is 2.15. The molecule has 1 aromatic rings. The quantitative estimate of drug-likeness (QED) is 0.804. The summed E-state index contributed by atoms with van der Waals surface area (Å²) in [6.45, 7) is 1.37. The second-order valence-electron chi connectivity index (χ2n) is 2.44. The first-order chi connectivity index (χ1) is 5.83. The van der Waals surface area contributed by atoms with Gasteiger partial charge < -0.3 is 10.5 Å². The highest BCUT2D eigenvalue weighted by atomic mass is 79.9. The molecule has 3 heteroatoms. The summed E-state index contributed by atoms with van der Waals surface area (Å²) < 4.78 is 6.46. The van der Waals surface area contributed by atoms with Crippen LogP contribution in [0.15, 0.2) is 28.7 Å². The summed E-state index contributed by atoms with van der Waals surface area (Å²) in [6.07, 6.45) is 0.899. The van der Waals surface area contributed by atoms with Crippen molar-refractivity contribution in [3.63, 3.8) is 0 Å². The molecule has 2 nitrogen and oxygen atoms in total. The van der Waals surface area contributed by atoms with E-state index in [9.17, 15) is 0 Å². The van der Waals surface area contributed by atoms with Crippen molar-refractivity contribution in [2.24, 2.45) is 5.73 Å². The molecule has 0 aliphatic rings. The van der Waals surface area contributed by atoms with Crippen LogP contribution < -0.4 is 10.5 Å². The van der Waals surface area contributed by atoms with Gasteiger partial charge >= 0.3 is 0 Å². The molecule has 0 fully saturated rings. The van der Waals surface area contributed by atoms with E-state index in [1.165, 1.54) is 0 Å². The van der Waals surface area contributed by atoms with Gasteiger partial charge in [0, 0.05) is 4.47 Å². The summed E-state index contributed by atoms with van der Waals surface area (Å²) in [5.41, 5.74) is 5.33. The van der Waals surface area contributed by atoms with Gasteiger partial charge in [-0.2, -0.15) is 0 Å². The van der Waals surface area contributed by atoms with E-state index >= 15 is 0 Å². The lowest BCUT2D eigenvalue weighted by atomic mass is 10.3. The van der Waals surface area contributed by atoms with Gasteiger partial charge in [-0.15, -0.1) is 0 Å². The fourth-order valence-electron chi connectivity index (χ4n) is 0.804. The van der Waals surface area contributed by atoms with Crippen LogP contribution in [0.3, 0.4) is 0 Å². The molecule has 0 aromatic heterocycles. The van der Waals surface area contributed by atoms with Crippen LogP contribution >= 0.6 is 15.9 Å². The van der Waals surface area contributed by atoms with Crippen LogP contribution in [-0.4, -0.2) is 13.2 Å². The van der Waals surface area contributed by atoms with Crippen LogP contribution in [0.4, 0.5) is 0 Å². The molecule has 66 valence electrons. The van der Waals surface area contributed by atoms with Crippen LogP contribution in [0.1, 0.15) is 6.42 Å². The van der Waals surface area contributed by atoms with Crippen molar-refractivity contribution < 1.29 is 4.74 Å². The Morgan fingerprint density at radius 1 is 1.25 bits per heavy atom. The van der Waals surface area contributed by atoms with E-state index in [0.717, 1.165) is 16.6 Å². The first-order valence-corrected chi connectivity index (χ1v) is 4.70. The zero-order chi connectivity index (χ0) is 8.81. The number of halogens is 1. The highest BCUT2D eigenvalue weighted by Gasteiger charge is 1.91. The van der Waals surface area contributed by atoms with Crippen molar-refractivity contribution >= 4 is 15.9 Å². The van der Waals surface area contributed by atoms with Crippen molar-refractivity contribution in [1.82, 2.24) is 0 Å². The molecule has 0 aliphatic heterocycles. The van der Waals surface area contributed by atoms with Crippen LogP contribution in [0.2, 0.25) is 0 Å². The van der Waals surface area contributed by atoms with Gasteiger partial charge in [-0.25, -0.2) is 0 Å². The summed E-state index contributed by atoms with van der Waals surface area (Å²) in [4.78, 5) is 0. The molecule has 0 amide bonds. The number of hydrogen-bond donors (Lipinski definition) is 1. The van der Waals surface area contributed by atoms with Gasteiger partial charge in [0.1, 0.15) is 5.75 Å². The van der Waals surface area contributed by atoms with Crippen molar-refractivity contribution in [1.29, 1.82) is 0 Å². The van der Waals surface area contributed by atoms with Gasteiger partial charge in [-0.3, -0.25) is 0 Å². The first kappa shape index (κ1) is 9.55. The Bertz CT molecular complexity index is 222. The van der Waals surface area contributed by atoms with Gasteiger partial charge in [-0.05, 0) is 37.2 Å². The molecule has 0 unspecified atom stereocenters. The predicted molar refractivity (Wildman–Crippen MR) is 53.3 cm³/mol. The topological polar surface area (TPSA) is 35.2 Å². The minimum absolute atomic E-state index is 0.677. The summed E-state index contributed by atoms with van der Waals surface area (Å²) in [5.74, 6) is 0.895. The monoisotopic (exact) mass is 229 g/mol. The van der Waals surface area contributed by atoms with Crippen LogP contribution in [-0.2, 0) is 0 Å². The minimum atomic E-state index is 0.677. The first-order valence-electron chi connectivity index (χ1n) is 3.91. The lowest BCUT2D eigenvalue weighted by Gasteiger charge is -2.04. The van der Waals surface area contributed by atoms with Gasteiger partial charge in [0.05, 0.1) is 6.61 Å². The third-order valence-corrected chi connectivity index (χ3v) is 1.96. The molecule has 0 heterocycles. The summed E-state index contributed by atoms with van der Waals surface area (Å²) in [5, 5.41) is 0. The predicted octanol–water partition coefficient (Wildman–Crippen LogP) is 2.18. The van der Waals surface area contributed by atoms with E-state index in [0.29, 0.717) is 13.2 Å². The molecule has 0 atom stereocenters. The van der Waals surface area contributed by atoms with Crippen LogP contribution in [0.25, 0.3) is 0 Å². The Labute approximate surface area is 80.8 Å². The largest absolute Gasteiger partial charge is 0.494 e. The Morgan fingerprint density at radius 2 is 1.92 bits per heavy atom. The highest BCUT2D eigenvalue weighted by molar-refractivity contribution is 9.10. The molecule has 0 radical (unpaired) electrons. The maximum atomic E-state index is 5.40. The number of hydrogen-bond acceptors (Lipinski definition) is 2. The zero-order valence-corrected chi connectivity index (χ0v) is 8.38. The van der Waals surface area contributed by atoms with Gasteiger partial charge in [-0.1, -0.05) is 15.9 Å². The molecular formula is C9H12BrNO. The lowest BCUT2D eigenvalue weighted by Crippen LogP contribution is -2.05. The van der Waals surface area contributed by atoms with Crippen molar-refractivity contribution in [2.45, 2.75) is 6.42 Å². The molecule has 1 rings (SSSR count). The van der Waals surface area contributed by atoms with Crippen LogP contribution in [0.5, 0.6) is 5.75 Å². The third kappa shape index (κ3) is 3.24. The van der Waals surface area contributed by atoms with Gasteiger partial charge in [0.2, 0.25) is 0 Å². The maximum Gasteiger partial charge on any atom is 0.119 e. The molecule has 0 aliphatic carbocycles. The van der Waals surface area contributed by atoms with Crippen molar-refractivity contribution in [3.05, 3.63) is 28.7 Å². The van der Waals surface area contributed by atoms with E-state index in [4.69, 9.17) is 10.5 Å². The van der Waals surface area contributed by atoms with Crippen molar-refractivity contribution in [3.8, 4) is 5.75 Å². The molecular weight excluding hydrogens is 218 g/mol. The molecule has 0 spiro atoms. The standard InChI is InChI=1S/C9H12BrNO/c10-8-2-4-9(5-3-8)12-7-1-6-11/h2-5H,1,6-7,11H2. The summed E-state index contributed by atoms with van der Waals surface area (Å²) >= 11 is 3.35. The zero-order valence-electron chi connectivity index (χ0n) is 6.79. The second kappa shape index (κ2) is 5.17. The van der Waals surface area contributed by atoms with E-state index in [1.54, 1.807) is 0 Å². The molecule has 12 heavy (non-hydrogen) atoms. The van der Waals surface area contributed by atoms with Crippen LogP contribution in [0, 0.1) is 0 Å². The lowest BCUT2D eigenvalue weighted by molar-refractivity contribution is 0.313. The fourth-order valence-corrected chi connectivity index (χ4v) is 1.07. The van der Waals surface area contributed by atoms with E-state index in [-0.39, 0.29) is 0 Å². The Hall–Kier alpha value is -0.540. The number of ether oxygens (including phenoxy) is 1. The second-order valence-corrected chi connectivity index (χ2v) is 3.36. The molecule has 0 saturated heterocycles. The van der Waals surface area contributed by atoms with E-state index in [1.807, 2.05) is 24.3 Å². The molecule has 0 saturated carbocycles. The van der Waals surface area contributed by atoms with Gasteiger partial charge in [0.15, 0.2) is 0 Å².